The lowest BCUT2D eigenvalue weighted by Crippen LogP contribution is -2.46. The number of carbonyl (C=O) groups excluding carboxylic acids is 1. The molecule has 7 nitrogen and oxygen atoms in total. The van der Waals surface area contributed by atoms with Gasteiger partial charge in [0.25, 0.3) is 5.91 Å². The number of sulfonamides is 1. The first-order chi connectivity index (χ1) is 13.2. The summed E-state index contributed by atoms with van der Waals surface area (Å²) in [5.41, 5.74) is 4.00. The Morgan fingerprint density at radius 2 is 1.71 bits per heavy atom. The van der Waals surface area contributed by atoms with Crippen molar-refractivity contribution in [3.05, 3.63) is 59.7 Å². The molecule has 150 valence electrons. The number of amides is 1. The van der Waals surface area contributed by atoms with Crippen molar-refractivity contribution in [1.82, 2.24) is 10.1 Å². The molecule has 0 saturated carbocycles. The number of aromatic hydroxyl groups is 1. The van der Waals surface area contributed by atoms with Crippen molar-refractivity contribution in [3.63, 3.8) is 0 Å². The van der Waals surface area contributed by atoms with Crippen LogP contribution in [0, 0.1) is 12.8 Å². The Balaban J connectivity index is 2.10. The van der Waals surface area contributed by atoms with Gasteiger partial charge in [0, 0.05) is 0 Å². The van der Waals surface area contributed by atoms with Crippen molar-refractivity contribution in [2.75, 3.05) is 0 Å². The second-order valence-electron chi connectivity index (χ2n) is 6.94. The van der Waals surface area contributed by atoms with Crippen LogP contribution in [0.3, 0.4) is 0 Å². The highest BCUT2D eigenvalue weighted by molar-refractivity contribution is 7.89. The van der Waals surface area contributed by atoms with E-state index in [0.29, 0.717) is 12.0 Å². The van der Waals surface area contributed by atoms with Gasteiger partial charge in [-0.2, -0.15) is 9.82 Å². The summed E-state index contributed by atoms with van der Waals surface area (Å²) in [7, 11) is -3.84. The topological polar surface area (TPSA) is 108 Å². The van der Waals surface area contributed by atoms with E-state index in [1.165, 1.54) is 30.5 Å². The number of nitrogens with one attached hydrogen (secondary N) is 2. The molecule has 2 rings (SSSR count). The second-order valence-corrected chi connectivity index (χ2v) is 8.66. The first-order valence-corrected chi connectivity index (χ1v) is 10.4. The number of benzene rings is 2. The van der Waals surface area contributed by atoms with Crippen LogP contribution in [-0.2, 0) is 14.8 Å². The Morgan fingerprint density at radius 1 is 1.11 bits per heavy atom. The average Bonchev–Trinajstić information content (AvgIpc) is 2.62. The van der Waals surface area contributed by atoms with Gasteiger partial charge < -0.3 is 5.11 Å². The number of carbonyl (C=O) groups is 1. The lowest BCUT2D eigenvalue weighted by Gasteiger charge is -2.19. The van der Waals surface area contributed by atoms with Gasteiger partial charge in [0.05, 0.1) is 11.1 Å². The van der Waals surface area contributed by atoms with Crippen molar-refractivity contribution in [3.8, 4) is 5.75 Å². The zero-order valence-electron chi connectivity index (χ0n) is 16.1. The van der Waals surface area contributed by atoms with Gasteiger partial charge in [0.15, 0.2) is 0 Å². The molecule has 0 unspecified atom stereocenters. The second kappa shape index (κ2) is 9.48. The summed E-state index contributed by atoms with van der Waals surface area (Å²) in [5.74, 6) is -0.319. The quantitative estimate of drug-likeness (QED) is 0.465. The molecule has 0 saturated heterocycles. The highest BCUT2D eigenvalue weighted by Crippen LogP contribution is 2.13. The van der Waals surface area contributed by atoms with Crippen LogP contribution in [-0.4, -0.2) is 31.7 Å². The molecular weight excluding hydrogens is 378 g/mol. The predicted molar refractivity (Wildman–Crippen MR) is 109 cm³/mol. The number of nitrogens with zero attached hydrogens (tertiary/aromatic N) is 1. The lowest BCUT2D eigenvalue weighted by molar-refractivity contribution is -0.123. The zero-order chi connectivity index (χ0) is 20.7. The largest absolute Gasteiger partial charge is 0.508 e. The van der Waals surface area contributed by atoms with Crippen LogP contribution in [0.25, 0.3) is 0 Å². The molecule has 3 N–H and O–H groups in total. The van der Waals surface area contributed by atoms with Crippen molar-refractivity contribution in [1.29, 1.82) is 0 Å². The van der Waals surface area contributed by atoms with Crippen molar-refractivity contribution >= 4 is 22.1 Å². The van der Waals surface area contributed by atoms with Gasteiger partial charge in [-0.05, 0) is 61.2 Å². The smallest absolute Gasteiger partial charge is 0.258 e. The van der Waals surface area contributed by atoms with Gasteiger partial charge >= 0.3 is 0 Å². The lowest BCUT2D eigenvalue weighted by atomic mass is 10.0. The number of rotatable bonds is 8. The summed E-state index contributed by atoms with van der Waals surface area (Å²) in [6.07, 6.45) is 1.74. The van der Waals surface area contributed by atoms with Crippen LogP contribution >= 0.6 is 0 Å². The van der Waals surface area contributed by atoms with E-state index in [0.717, 1.165) is 5.56 Å². The van der Waals surface area contributed by atoms with Gasteiger partial charge in [-0.1, -0.05) is 31.5 Å². The maximum atomic E-state index is 12.6. The van der Waals surface area contributed by atoms with E-state index < -0.39 is 22.0 Å². The first-order valence-electron chi connectivity index (χ1n) is 8.88. The molecule has 0 spiro atoms. The molecule has 0 aliphatic rings. The van der Waals surface area contributed by atoms with Gasteiger partial charge in [-0.25, -0.2) is 13.8 Å². The highest BCUT2D eigenvalue weighted by Gasteiger charge is 2.26. The van der Waals surface area contributed by atoms with Crippen LogP contribution in [0.5, 0.6) is 5.75 Å². The van der Waals surface area contributed by atoms with Crippen LogP contribution < -0.4 is 10.1 Å². The van der Waals surface area contributed by atoms with E-state index in [4.69, 9.17) is 0 Å². The molecular formula is C20H25N3O4S. The summed E-state index contributed by atoms with van der Waals surface area (Å²) >= 11 is 0. The van der Waals surface area contributed by atoms with E-state index >= 15 is 0 Å². The molecule has 28 heavy (non-hydrogen) atoms. The first kappa shape index (κ1) is 21.6. The van der Waals surface area contributed by atoms with Gasteiger partial charge in [-0.15, -0.1) is 0 Å². The molecule has 2 aromatic rings. The number of hydrazone groups is 1. The van der Waals surface area contributed by atoms with Gasteiger partial charge in [0.2, 0.25) is 10.0 Å². The van der Waals surface area contributed by atoms with Crippen molar-refractivity contribution in [2.45, 2.75) is 38.1 Å². The SMILES string of the molecule is Cc1ccc(S(=O)(=O)N[C@@H](CC(C)C)C(=O)N/N=C\c2ccc(O)cc2)cc1. The Hall–Kier alpha value is -2.71. The molecule has 0 aliphatic heterocycles. The molecule has 1 amide bonds. The third-order valence-corrected chi connectivity index (χ3v) is 5.42. The van der Waals surface area contributed by atoms with Crippen LogP contribution in [0.15, 0.2) is 58.5 Å². The van der Waals surface area contributed by atoms with Crippen LogP contribution in [0.4, 0.5) is 0 Å². The minimum atomic E-state index is -3.84. The molecule has 0 fully saturated rings. The third kappa shape index (κ3) is 6.47. The van der Waals surface area contributed by atoms with E-state index in [1.807, 2.05) is 20.8 Å². The van der Waals surface area contributed by atoms with E-state index in [-0.39, 0.29) is 16.6 Å². The minimum Gasteiger partial charge on any atom is -0.508 e. The monoisotopic (exact) mass is 403 g/mol. The third-order valence-electron chi connectivity index (χ3n) is 3.93. The standard InChI is InChI=1S/C20H25N3O4S/c1-14(2)12-19(23-28(26,27)18-10-4-15(3)5-11-18)20(25)22-21-13-16-6-8-17(24)9-7-16/h4-11,13-14,19,23-24H,12H2,1-3H3,(H,22,25)/b21-13-/t19-/m0/s1. The molecule has 0 aromatic heterocycles. The fraction of sp³-hybridized carbons (Fsp3) is 0.300. The van der Waals surface area contributed by atoms with Crippen LogP contribution in [0.2, 0.25) is 0 Å². The van der Waals surface area contributed by atoms with Crippen molar-refractivity contribution in [2.24, 2.45) is 11.0 Å². The van der Waals surface area contributed by atoms with E-state index in [1.54, 1.807) is 24.3 Å². The van der Waals surface area contributed by atoms with E-state index in [9.17, 15) is 18.3 Å². The van der Waals surface area contributed by atoms with Crippen LogP contribution in [0.1, 0.15) is 31.4 Å². The molecule has 0 heterocycles. The summed E-state index contributed by atoms with van der Waals surface area (Å²) in [6.45, 7) is 5.67. The Labute approximate surface area is 165 Å². The maximum absolute atomic E-state index is 12.6. The number of hydrogen-bond donors (Lipinski definition) is 3. The highest BCUT2D eigenvalue weighted by atomic mass is 32.2. The molecule has 1 atom stereocenters. The fourth-order valence-electron chi connectivity index (χ4n) is 2.46. The number of hydrogen-bond acceptors (Lipinski definition) is 5. The molecule has 0 aliphatic carbocycles. The van der Waals surface area contributed by atoms with E-state index in [2.05, 4.69) is 15.2 Å². The molecule has 2 aromatic carbocycles. The Bertz CT molecular complexity index is 921. The van der Waals surface area contributed by atoms with Crippen molar-refractivity contribution < 1.29 is 18.3 Å². The Morgan fingerprint density at radius 3 is 2.29 bits per heavy atom. The number of phenolic OH excluding ortho intramolecular Hbond substituents is 1. The zero-order valence-corrected chi connectivity index (χ0v) is 16.9. The van der Waals surface area contributed by atoms with Gasteiger partial charge in [-0.3, -0.25) is 4.79 Å². The molecule has 8 heteroatoms. The molecule has 0 radical (unpaired) electrons. The molecule has 0 bridgehead atoms. The number of aryl methyl sites for hydroxylation is 1. The normalized spacial score (nSPS) is 13.0. The maximum Gasteiger partial charge on any atom is 0.258 e. The summed E-state index contributed by atoms with van der Waals surface area (Å²) in [5, 5.41) is 13.1. The summed E-state index contributed by atoms with van der Waals surface area (Å²) in [6, 6.07) is 11.7. The average molecular weight is 404 g/mol. The fourth-order valence-corrected chi connectivity index (χ4v) is 3.67. The number of phenols is 1. The minimum absolute atomic E-state index is 0.0949. The Kier molecular flexibility index (Phi) is 7.31. The summed E-state index contributed by atoms with van der Waals surface area (Å²) in [4.78, 5) is 12.6. The van der Waals surface area contributed by atoms with Gasteiger partial charge in [0.1, 0.15) is 11.8 Å². The summed E-state index contributed by atoms with van der Waals surface area (Å²) < 4.78 is 27.7. The predicted octanol–water partition coefficient (Wildman–Crippen LogP) is 2.54.